The molecule has 0 radical (unpaired) electrons. The highest BCUT2D eigenvalue weighted by molar-refractivity contribution is 14.1. The zero-order chi connectivity index (χ0) is 21.6. The summed E-state index contributed by atoms with van der Waals surface area (Å²) in [5.74, 6) is -0.484. The van der Waals surface area contributed by atoms with Crippen LogP contribution in [-0.4, -0.2) is 41.8 Å². The van der Waals surface area contributed by atoms with E-state index in [1.54, 1.807) is 6.07 Å². The lowest BCUT2D eigenvalue weighted by molar-refractivity contribution is 0.194. The molecule has 12 heteroatoms. The third-order valence-electron chi connectivity index (χ3n) is 4.64. The summed E-state index contributed by atoms with van der Waals surface area (Å²) in [6.07, 6.45) is 1.03. The third kappa shape index (κ3) is 3.76. The number of carboxylic acid groups (broad SMARTS) is 1. The zero-order valence-electron chi connectivity index (χ0n) is 15.5. The predicted molar refractivity (Wildman–Crippen MR) is 118 cm³/mol. The van der Waals surface area contributed by atoms with Gasteiger partial charge in [-0.3, -0.25) is 4.72 Å². The van der Waals surface area contributed by atoms with Crippen molar-refractivity contribution in [3.05, 3.63) is 39.8 Å². The van der Waals surface area contributed by atoms with Crippen molar-refractivity contribution in [2.75, 3.05) is 17.1 Å². The van der Waals surface area contributed by atoms with Gasteiger partial charge in [0.1, 0.15) is 17.3 Å². The number of rotatable bonds is 6. The molecule has 158 valence electrons. The lowest BCUT2D eigenvalue weighted by Gasteiger charge is -2.19. The molecule has 9 nitrogen and oxygen atoms in total. The molecular weight excluding hydrogens is 530 g/mol. The second-order valence-electron chi connectivity index (χ2n) is 6.70. The number of carbonyl (C=O) groups is 1. The average molecular weight is 546 g/mol. The van der Waals surface area contributed by atoms with E-state index in [-0.39, 0.29) is 33.7 Å². The smallest absolute Gasteiger partial charge is 0.432 e. The SMILES string of the molecule is COc1cc2c(cnn2C(=O)O)c(Nc2ccc(I)cc2F)c1NS(=O)(=O)C1CC1. The van der Waals surface area contributed by atoms with Crippen molar-refractivity contribution in [2.24, 2.45) is 0 Å². The first-order valence-electron chi connectivity index (χ1n) is 8.77. The van der Waals surface area contributed by atoms with E-state index in [1.165, 1.54) is 31.5 Å². The summed E-state index contributed by atoms with van der Waals surface area (Å²) in [6.45, 7) is 0. The van der Waals surface area contributed by atoms with E-state index in [9.17, 15) is 22.7 Å². The van der Waals surface area contributed by atoms with E-state index in [0.717, 1.165) is 4.68 Å². The fraction of sp³-hybridized carbons (Fsp3) is 0.222. The summed E-state index contributed by atoms with van der Waals surface area (Å²) < 4.78 is 49.0. The minimum Gasteiger partial charge on any atom is -0.494 e. The summed E-state index contributed by atoms with van der Waals surface area (Å²) in [6, 6.07) is 5.87. The van der Waals surface area contributed by atoms with Crippen molar-refractivity contribution in [3.8, 4) is 5.75 Å². The second kappa shape index (κ2) is 7.58. The van der Waals surface area contributed by atoms with E-state index < -0.39 is 27.2 Å². The predicted octanol–water partition coefficient (Wildman–Crippen LogP) is 3.96. The van der Waals surface area contributed by atoms with Gasteiger partial charge in [0.05, 0.1) is 35.4 Å². The highest BCUT2D eigenvalue weighted by atomic mass is 127. The number of anilines is 3. The maximum atomic E-state index is 14.5. The van der Waals surface area contributed by atoms with Gasteiger partial charge in [0.15, 0.2) is 0 Å². The lowest BCUT2D eigenvalue weighted by atomic mass is 10.1. The van der Waals surface area contributed by atoms with Gasteiger partial charge < -0.3 is 15.2 Å². The first-order valence-corrected chi connectivity index (χ1v) is 11.4. The largest absolute Gasteiger partial charge is 0.494 e. The first kappa shape index (κ1) is 20.7. The van der Waals surface area contributed by atoms with Crippen molar-refractivity contribution in [1.82, 2.24) is 9.78 Å². The fourth-order valence-corrected chi connectivity index (χ4v) is 4.88. The monoisotopic (exact) mass is 546 g/mol. The van der Waals surface area contributed by atoms with Gasteiger partial charge in [-0.05, 0) is 53.6 Å². The Bertz CT molecular complexity index is 1270. The van der Waals surface area contributed by atoms with Crippen LogP contribution in [0.1, 0.15) is 12.8 Å². The molecule has 0 unspecified atom stereocenters. The molecule has 1 saturated carbocycles. The maximum Gasteiger partial charge on any atom is 0.432 e. The number of fused-ring (bicyclic) bond motifs is 1. The first-order chi connectivity index (χ1) is 14.2. The Hall–Kier alpha value is -2.61. The number of ether oxygens (including phenoxy) is 1. The molecule has 30 heavy (non-hydrogen) atoms. The quantitative estimate of drug-likeness (QED) is 0.400. The molecule has 0 amide bonds. The number of aromatic nitrogens is 2. The van der Waals surface area contributed by atoms with E-state index in [2.05, 4.69) is 15.1 Å². The van der Waals surface area contributed by atoms with Gasteiger partial charge in [0.25, 0.3) is 0 Å². The molecule has 1 aliphatic carbocycles. The van der Waals surface area contributed by atoms with Crippen LogP contribution >= 0.6 is 22.6 Å². The molecular formula is C18H16FIN4O5S. The molecule has 3 N–H and O–H groups in total. The van der Waals surface area contributed by atoms with Gasteiger partial charge in [-0.25, -0.2) is 17.6 Å². The molecule has 0 spiro atoms. The summed E-state index contributed by atoms with van der Waals surface area (Å²) >= 11 is 1.97. The number of sulfonamides is 1. The van der Waals surface area contributed by atoms with Crippen LogP contribution in [0.3, 0.4) is 0 Å². The standard InChI is InChI=1S/C18H16FIN4O5S/c1-29-15-7-14-11(8-21-24(14)18(25)26)16(17(15)23-30(27,28)10-3-4-10)22-13-5-2-9(20)6-12(13)19/h2,5-8,10,22-23H,3-4H2,1H3,(H,25,26). The number of halogens is 2. The van der Waals surface area contributed by atoms with E-state index in [0.29, 0.717) is 16.4 Å². The van der Waals surface area contributed by atoms with Crippen LogP contribution < -0.4 is 14.8 Å². The molecule has 0 atom stereocenters. The molecule has 1 aromatic heterocycles. The highest BCUT2D eigenvalue weighted by Crippen LogP contribution is 2.43. The van der Waals surface area contributed by atoms with Gasteiger partial charge in [0.2, 0.25) is 10.0 Å². The number of benzene rings is 2. The van der Waals surface area contributed by atoms with E-state index >= 15 is 0 Å². The molecule has 0 aliphatic heterocycles. The van der Waals surface area contributed by atoms with Crippen LogP contribution in [0.5, 0.6) is 5.75 Å². The minimum absolute atomic E-state index is 0.0554. The van der Waals surface area contributed by atoms with Gasteiger partial charge in [-0.15, -0.1) is 0 Å². The molecule has 4 rings (SSSR count). The van der Waals surface area contributed by atoms with Crippen LogP contribution in [0.15, 0.2) is 30.5 Å². The Morgan fingerprint density at radius 1 is 1.33 bits per heavy atom. The number of hydrogen-bond acceptors (Lipinski definition) is 6. The summed E-state index contributed by atoms with van der Waals surface area (Å²) in [5.41, 5.74) is 0.433. The van der Waals surface area contributed by atoms with Crippen molar-refractivity contribution < 1.29 is 27.4 Å². The van der Waals surface area contributed by atoms with Crippen LogP contribution in [0.2, 0.25) is 0 Å². The highest BCUT2D eigenvalue weighted by Gasteiger charge is 2.37. The Kier molecular flexibility index (Phi) is 5.22. The molecule has 1 aliphatic rings. The summed E-state index contributed by atoms with van der Waals surface area (Å²) in [4.78, 5) is 11.5. The van der Waals surface area contributed by atoms with Crippen LogP contribution in [0.4, 0.5) is 26.2 Å². The van der Waals surface area contributed by atoms with Crippen molar-refractivity contribution >= 4 is 66.7 Å². The number of methoxy groups -OCH3 is 1. The summed E-state index contributed by atoms with van der Waals surface area (Å²) in [5, 5.41) is 15.9. The van der Waals surface area contributed by atoms with Crippen molar-refractivity contribution in [1.29, 1.82) is 0 Å². The Morgan fingerprint density at radius 3 is 2.67 bits per heavy atom. The Labute approximate surface area is 184 Å². The van der Waals surface area contributed by atoms with Crippen molar-refractivity contribution in [3.63, 3.8) is 0 Å². The number of nitrogens with one attached hydrogen (secondary N) is 2. The van der Waals surface area contributed by atoms with Crippen LogP contribution in [0, 0.1) is 9.39 Å². The topological polar surface area (TPSA) is 123 Å². The van der Waals surface area contributed by atoms with E-state index in [1.807, 2.05) is 22.6 Å². The molecule has 2 aromatic carbocycles. The number of hydrogen-bond donors (Lipinski definition) is 3. The molecule has 1 heterocycles. The molecule has 0 saturated heterocycles. The lowest BCUT2D eigenvalue weighted by Crippen LogP contribution is -2.19. The summed E-state index contributed by atoms with van der Waals surface area (Å²) in [7, 11) is -2.36. The van der Waals surface area contributed by atoms with Gasteiger partial charge in [-0.1, -0.05) is 0 Å². The fourth-order valence-electron chi connectivity index (χ4n) is 3.02. The van der Waals surface area contributed by atoms with Gasteiger partial charge in [-0.2, -0.15) is 9.78 Å². The molecule has 3 aromatic rings. The molecule has 1 fully saturated rings. The van der Waals surface area contributed by atoms with Crippen molar-refractivity contribution in [2.45, 2.75) is 18.1 Å². The Morgan fingerprint density at radius 2 is 2.07 bits per heavy atom. The van der Waals surface area contributed by atoms with Crippen LogP contribution in [-0.2, 0) is 10.0 Å². The van der Waals surface area contributed by atoms with E-state index in [4.69, 9.17) is 4.74 Å². The van der Waals surface area contributed by atoms with Gasteiger partial charge in [0, 0.05) is 15.0 Å². The normalized spacial score (nSPS) is 14.0. The Balaban J connectivity index is 1.95. The molecule has 0 bridgehead atoms. The van der Waals surface area contributed by atoms with Gasteiger partial charge >= 0.3 is 6.09 Å². The van der Waals surface area contributed by atoms with Crippen LogP contribution in [0.25, 0.3) is 10.9 Å². The third-order valence-corrected chi connectivity index (χ3v) is 7.15. The second-order valence-corrected chi connectivity index (χ2v) is 9.90. The zero-order valence-corrected chi connectivity index (χ0v) is 18.5. The maximum absolute atomic E-state index is 14.5. The average Bonchev–Trinajstić information content (AvgIpc) is 3.45. The minimum atomic E-state index is -3.69. The number of nitrogens with zero attached hydrogens (tertiary/aromatic N) is 2.